The van der Waals surface area contributed by atoms with E-state index in [1.54, 1.807) is 12.1 Å². The molecule has 0 aliphatic rings. The molecule has 2 rings (SSSR count). The van der Waals surface area contributed by atoms with Crippen molar-refractivity contribution >= 4 is 17.0 Å². The Morgan fingerprint density at radius 1 is 1.38 bits per heavy atom. The molecule has 0 amide bonds. The first-order valence-corrected chi connectivity index (χ1v) is 7.11. The summed E-state index contributed by atoms with van der Waals surface area (Å²) in [7, 11) is 0. The highest BCUT2D eigenvalue weighted by Gasteiger charge is 2.06. The molecule has 1 heterocycles. The summed E-state index contributed by atoms with van der Waals surface area (Å²) in [5.74, 6) is 6.26. The van der Waals surface area contributed by atoms with Gasteiger partial charge in [0.2, 0.25) is 0 Å². The summed E-state index contributed by atoms with van der Waals surface area (Å²) in [4.78, 5) is 11.2. The molecule has 0 aliphatic carbocycles. The molecule has 0 unspecified atom stereocenters. The molecule has 0 fully saturated rings. The van der Waals surface area contributed by atoms with Crippen LogP contribution in [-0.4, -0.2) is 16.6 Å². The zero-order valence-corrected chi connectivity index (χ0v) is 11.9. The molecule has 0 atom stereocenters. The van der Waals surface area contributed by atoms with Crippen LogP contribution in [0, 0.1) is 22.0 Å². The van der Waals surface area contributed by atoms with Crippen molar-refractivity contribution in [3.8, 4) is 17.6 Å². The Balaban J connectivity index is 1.96. The van der Waals surface area contributed by atoms with Crippen LogP contribution in [0.4, 0.5) is 5.69 Å². The average molecular weight is 303 g/mol. The van der Waals surface area contributed by atoms with Gasteiger partial charge in [-0.25, -0.2) is 0 Å². The van der Waals surface area contributed by atoms with Crippen LogP contribution in [0.15, 0.2) is 35.7 Å². The zero-order valence-electron chi connectivity index (χ0n) is 11.1. The van der Waals surface area contributed by atoms with E-state index in [0.717, 1.165) is 10.4 Å². The Bertz CT molecular complexity index is 684. The van der Waals surface area contributed by atoms with Crippen molar-refractivity contribution in [1.82, 2.24) is 0 Å². The van der Waals surface area contributed by atoms with Crippen LogP contribution in [0.1, 0.15) is 16.9 Å². The SMILES string of the molecule is O=[N+]([O-])c1cccc(OCc2cc(C#CCCO)cs2)c1. The largest absolute Gasteiger partial charge is 0.488 e. The maximum atomic E-state index is 10.7. The van der Waals surface area contributed by atoms with E-state index in [4.69, 9.17) is 9.84 Å². The first kappa shape index (κ1) is 15.0. The molecular formula is C15H13NO4S. The summed E-state index contributed by atoms with van der Waals surface area (Å²) < 4.78 is 5.54. The third-order valence-corrected chi connectivity index (χ3v) is 3.44. The van der Waals surface area contributed by atoms with Crippen molar-refractivity contribution in [3.05, 3.63) is 56.3 Å². The van der Waals surface area contributed by atoms with E-state index in [2.05, 4.69) is 11.8 Å². The third-order valence-electron chi connectivity index (χ3n) is 2.53. The fraction of sp³-hybridized carbons (Fsp3) is 0.200. The molecule has 2 aromatic rings. The Labute approximate surface area is 126 Å². The second kappa shape index (κ2) is 7.43. The number of aliphatic hydroxyl groups excluding tert-OH is 1. The number of rotatable bonds is 5. The van der Waals surface area contributed by atoms with Gasteiger partial charge in [-0.05, 0) is 12.1 Å². The van der Waals surface area contributed by atoms with Gasteiger partial charge in [0, 0.05) is 28.3 Å². The monoisotopic (exact) mass is 303 g/mol. The van der Waals surface area contributed by atoms with Crippen molar-refractivity contribution in [3.63, 3.8) is 0 Å². The number of thiophene rings is 1. The predicted octanol–water partition coefficient (Wildman–Crippen LogP) is 2.97. The lowest BCUT2D eigenvalue weighted by atomic mass is 10.3. The third kappa shape index (κ3) is 4.60. The van der Waals surface area contributed by atoms with Gasteiger partial charge < -0.3 is 9.84 Å². The highest BCUT2D eigenvalue weighted by atomic mass is 32.1. The van der Waals surface area contributed by atoms with E-state index in [1.165, 1.54) is 23.5 Å². The molecule has 21 heavy (non-hydrogen) atoms. The van der Waals surface area contributed by atoms with Gasteiger partial charge in [-0.2, -0.15) is 0 Å². The Morgan fingerprint density at radius 3 is 3.00 bits per heavy atom. The molecule has 6 heteroatoms. The number of nitrogens with zero attached hydrogens (tertiary/aromatic N) is 1. The van der Waals surface area contributed by atoms with E-state index in [1.807, 2.05) is 11.4 Å². The van der Waals surface area contributed by atoms with Crippen LogP contribution < -0.4 is 4.74 Å². The first-order valence-electron chi connectivity index (χ1n) is 6.23. The molecule has 1 N–H and O–H groups in total. The van der Waals surface area contributed by atoms with Gasteiger partial charge >= 0.3 is 0 Å². The number of ether oxygens (including phenoxy) is 1. The zero-order chi connectivity index (χ0) is 15.1. The second-order valence-electron chi connectivity index (χ2n) is 4.12. The number of non-ortho nitro benzene ring substituents is 1. The molecule has 0 spiro atoms. The summed E-state index contributed by atoms with van der Waals surface area (Å²) in [5.41, 5.74) is 0.889. The molecule has 0 radical (unpaired) electrons. The molecule has 0 saturated carbocycles. The summed E-state index contributed by atoms with van der Waals surface area (Å²) in [6, 6.07) is 8.01. The summed E-state index contributed by atoms with van der Waals surface area (Å²) in [6.45, 7) is 0.396. The van der Waals surface area contributed by atoms with Crippen molar-refractivity contribution in [2.24, 2.45) is 0 Å². The highest BCUT2D eigenvalue weighted by Crippen LogP contribution is 2.21. The molecule has 1 aromatic heterocycles. The molecule has 0 aliphatic heterocycles. The lowest BCUT2D eigenvalue weighted by Crippen LogP contribution is -1.94. The lowest BCUT2D eigenvalue weighted by Gasteiger charge is -2.03. The molecule has 0 bridgehead atoms. The summed E-state index contributed by atoms with van der Waals surface area (Å²) >= 11 is 1.51. The minimum atomic E-state index is -0.452. The molecular weight excluding hydrogens is 290 g/mol. The number of nitro benzene ring substituents is 1. The Hall–Kier alpha value is -2.36. The van der Waals surface area contributed by atoms with Crippen LogP contribution in [0.3, 0.4) is 0 Å². The van der Waals surface area contributed by atoms with E-state index < -0.39 is 4.92 Å². The normalized spacial score (nSPS) is 9.76. The van der Waals surface area contributed by atoms with E-state index in [9.17, 15) is 10.1 Å². The minimum Gasteiger partial charge on any atom is -0.488 e. The van der Waals surface area contributed by atoms with Gasteiger partial charge in [-0.15, -0.1) is 11.3 Å². The van der Waals surface area contributed by atoms with Gasteiger partial charge in [0.05, 0.1) is 17.6 Å². The highest BCUT2D eigenvalue weighted by molar-refractivity contribution is 7.10. The molecule has 108 valence electrons. The first-order chi connectivity index (χ1) is 10.2. The number of aliphatic hydroxyl groups is 1. The second-order valence-corrected chi connectivity index (χ2v) is 5.12. The van der Waals surface area contributed by atoms with E-state index >= 15 is 0 Å². The number of benzene rings is 1. The van der Waals surface area contributed by atoms with Crippen LogP contribution in [0.2, 0.25) is 0 Å². The quantitative estimate of drug-likeness (QED) is 0.523. The lowest BCUT2D eigenvalue weighted by molar-refractivity contribution is -0.384. The van der Waals surface area contributed by atoms with Crippen molar-refractivity contribution in [2.75, 3.05) is 6.61 Å². The fourth-order valence-corrected chi connectivity index (χ4v) is 2.31. The molecule has 5 nitrogen and oxygen atoms in total. The van der Waals surface area contributed by atoms with Crippen LogP contribution in [0.25, 0.3) is 0 Å². The standard InChI is InChI=1S/C15H13NO4S/c17-7-2-1-4-12-8-15(21-11-12)10-20-14-6-3-5-13(9-14)16(18)19/h3,5-6,8-9,11,17H,2,7,10H2. The van der Waals surface area contributed by atoms with E-state index in [0.29, 0.717) is 18.8 Å². The molecule has 0 saturated heterocycles. The topological polar surface area (TPSA) is 72.6 Å². The van der Waals surface area contributed by atoms with Gasteiger partial charge in [0.15, 0.2) is 0 Å². The average Bonchev–Trinajstić information content (AvgIpc) is 2.94. The van der Waals surface area contributed by atoms with Gasteiger partial charge in [0.1, 0.15) is 12.4 Å². The van der Waals surface area contributed by atoms with Crippen molar-refractivity contribution in [2.45, 2.75) is 13.0 Å². The summed E-state index contributed by atoms with van der Waals surface area (Å²) in [5, 5.41) is 21.2. The predicted molar refractivity (Wildman–Crippen MR) is 80.3 cm³/mol. The number of hydrogen-bond donors (Lipinski definition) is 1. The smallest absolute Gasteiger partial charge is 0.273 e. The number of nitro groups is 1. The van der Waals surface area contributed by atoms with Gasteiger partial charge in [-0.3, -0.25) is 10.1 Å². The molecule has 1 aromatic carbocycles. The van der Waals surface area contributed by atoms with Crippen LogP contribution in [0.5, 0.6) is 5.75 Å². The maximum Gasteiger partial charge on any atom is 0.273 e. The van der Waals surface area contributed by atoms with E-state index in [-0.39, 0.29) is 12.3 Å². The summed E-state index contributed by atoms with van der Waals surface area (Å²) in [6.07, 6.45) is 0.454. The Kier molecular flexibility index (Phi) is 5.32. The minimum absolute atomic E-state index is 0.00855. The van der Waals surface area contributed by atoms with Gasteiger partial charge in [-0.1, -0.05) is 17.9 Å². The number of hydrogen-bond acceptors (Lipinski definition) is 5. The van der Waals surface area contributed by atoms with Crippen molar-refractivity contribution < 1.29 is 14.8 Å². The maximum absolute atomic E-state index is 10.7. The fourth-order valence-electron chi connectivity index (χ4n) is 1.58. The van der Waals surface area contributed by atoms with Gasteiger partial charge in [0.25, 0.3) is 5.69 Å². The van der Waals surface area contributed by atoms with Crippen LogP contribution in [-0.2, 0) is 6.61 Å². The Morgan fingerprint density at radius 2 is 2.24 bits per heavy atom. The van der Waals surface area contributed by atoms with Crippen LogP contribution >= 0.6 is 11.3 Å². The van der Waals surface area contributed by atoms with Crippen molar-refractivity contribution in [1.29, 1.82) is 0 Å².